The fourth-order valence-corrected chi connectivity index (χ4v) is 6.18. The van der Waals surface area contributed by atoms with Crippen LogP contribution in [0.25, 0.3) is 0 Å². The molecule has 5 atom stereocenters. The maximum absolute atomic E-state index is 14.2. The lowest BCUT2D eigenvalue weighted by Crippen LogP contribution is -2.59. The van der Waals surface area contributed by atoms with Crippen molar-refractivity contribution in [1.29, 1.82) is 0 Å². The molecule has 1 unspecified atom stereocenters. The Morgan fingerprint density at radius 2 is 0.830 bits per heavy atom. The van der Waals surface area contributed by atoms with E-state index in [2.05, 4.69) is 21.3 Å². The van der Waals surface area contributed by atoms with E-state index in [1.807, 2.05) is 105 Å². The first kappa shape index (κ1) is 38.3. The average molecular weight is 719 g/mol. The Balaban J connectivity index is 1.57. The molecule has 4 aromatic carbocycles. The van der Waals surface area contributed by atoms with Gasteiger partial charge in [-0.2, -0.15) is 0 Å². The van der Waals surface area contributed by atoms with Gasteiger partial charge in [-0.05, 0) is 46.7 Å². The monoisotopic (exact) mass is 718 g/mol. The molecule has 1 aliphatic heterocycles. The second-order valence-electron chi connectivity index (χ2n) is 13.7. The number of nitrogens with one attached hydrogen (secondary N) is 4. The Morgan fingerprint density at radius 3 is 1.23 bits per heavy atom. The first-order valence-corrected chi connectivity index (χ1v) is 17.9. The summed E-state index contributed by atoms with van der Waals surface area (Å²) >= 11 is 0. The van der Waals surface area contributed by atoms with Crippen molar-refractivity contribution in [1.82, 2.24) is 21.3 Å². The van der Waals surface area contributed by atoms with Gasteiger partial charge in [0.05, 0.1) is 0 Å². The number of cyclic esters (lactones) is 1. The summed E-state index contributed by atoms with van der Waals surface area (Å²) in [4.78, 5) is 70.5. The van der Waals surface area contributed by atoms with Gasteiger partial charge in [-0.15, -0.1) is 0 Å². The van der Waals surface area contributed by atoms with Gasteiger partial charge in [0, 0.05) is 25.7 Å². The summed E-state index contributed by atoms with van der Waals surface area (Å²) in [7, 11) is 0. The molecule has 4 amide bonds. The largest absolute Gasteiger partial charge is 0.508 e. The zero-order chi connectivity index (χ0) is 37.7. The summed E-state index contributed by atoms with van der Waals surface area (Å²) in [5, 5.41) is 21.2. The molecule has 11 heteroatoms. The molecule has 0 aromatic heterocycles. The zero-order valence-corrected chi connectivity index (χ0v) is 29.9. The number of benzene rings is 4. The Morgan fingerprint density at radius 1 is 0.491 bits per heavy atom. The van der Waals surface area contributed by atoms with Crippen LogP contribution in [0.5, 0.6) is 5.75 Å². The van der Waals surface area contributed by atoms with E-state index in [9.17, 15) is 29.1 Å². The molecule has 0 bridgehead atoms. The van der Waals surface area contributed by atoms with Crippen molar-refractivity contribution in [2.45, 2.75) is 76.2 Å². The third kappa shape index (κ3) is 11.5. The molecular formula is C42H46N4O7. The van der Waals surface area contributed by atoms with Crippen molar-refractivity contribution >= 4 is 29.6 Å². The minimum atomic E-state index is -1.29. The molecule has 0 saturated carbocycles. The van der Waals surface area contributed by atoms with E-state index in [0.29, 0.717) is 5.56 Å². The SMILES string of the molecule is CC(C)CC1OC(=O)[C@H](Cc2ccccc2)NC(=O)[C@H](Cc2ccccc2)NC(=O)[C@H](Cc2ccccc2)NC(=O)[C@H](Cc2ccc(O)cc2)NC1=O. The van der Waals surface area contributed by atoms with E-state index in [1.165, 1.54) is 12.1 Å². The number of hydrogen-bond donors (Lipinski definition) is 5. The molecule has 11 nitrogen and oxygen atoms in total. The van der Waals surface area contributed by atoms with Crippen LogP contribution in [0, 0.1) is 5.92 Å². The number of hydrogen-bond acceptors (Lipinski definition) is 7. The van der Waals surface area contributed by atoms with Crippen molar-refractivity contribution in [3.05, 3.63) is 138 Å². The van der Waals surface area contributed by atoms with Crippen LogP contribution in [-0.2, 0) is 54.4 Å². The quantitative estimate of drug-likeness (QED) is 0.157. The summed E-state index contributed by atoms with van der Waals surface area (Å²) in [6, 6.07) is 28.9. The van der Waals surface area contributed by atoms with E-state index in [0.717, 1.165) is 16.7 Å². The second kappa shape index (κ2) is 18.5. The number of phenols is 1. The van der Waals surface area contributed by atoms with Crippen LogP contribution in [0.1, 0.15) is 42.5 Å². The summed E-state index contributed by atoms with van der Waals surface area (Å²) in [6.45, 7) is 3.75. The van der Waals surface area contributed by atoms with Crippen LogP contribution >= 0.6 is 0 Å². The van der Waals surface area contributed by atoms with Gasteiger partial charge in [-0.25, -0.2) is 4.79 Å². The molecule has 53 heavy (non-hydrogen) atoms. The van der Waals surface area contributed by atoms with E-state index >= 15 is 0 Å². The lowest BCUT2D eigenvalue weighted by atomic mass is 10.0. The van der Waals surface area contributed by atoms with Gasteiger partial charge in [-0.1, -0.05) is 117 Å². The normalized spacial score (nSPS) is 21.6. The van der Waals surface area contributed by atoms with Gasteiger partial charge in [0.25, 0.3) is 5.91 Å². The highest BCUT2D eigenvalue weighted by molar-refractivity contribution is 5.97. The summed E-state index contributed by atoms with van der Waals surface area (Å²) in [5.74, 6) is -3.48. The average Bonchev–Trinajstić information content (AvgIpc) is 3.15. The number of aromatic hydroxyl groups is 1. The molecule has 1 saturated heterocycles. The maximum atomic E-state index is 14.2. The molecule has 0 aliphatic carbocycles. The molecule has 0 spiro atoms. The number of esters is 1. The molecular weight excluding hydrogens is 672 g/mol. The highest BCUT2D eigenvalue weighted by atomic mass is 16.5. The van der Waals surface area contributed by atoms with Crippen molar-refractivity contribution in [3.63, 3.8) is 0 Å². The van der Waals surface area contributed by atoms with Crippen LogP contribution in [0.15, 0.2) is 115 Å². The number of amides is 4. The Hall–Kier alpha value is -5.97. The Kier molecular flexibility index (Phi) is 13.4. The van der Waals surface area contributed by atoms with Gasteiger partial charge in [0.2, 0.25) is 17.7 Å². The molecule has 1 fully saturated rings. The number of carbonyl (C=O) groups is 5. The summed E-state index contributed by atoms with van der Waals surface area (Å²) in [5.41, 5.74) is 2.89. The molecule has 276 valence electrons. The standard InChI is InChI=1S/C42H46N4O7/c1-27(2)22-37-41(51)45-35(25-31-18-20-32(47)21-19-31)39(49)43-33(23-28-12-6-3-7-13-28)38(48)44-34(24-29-14-8-4-9-15-29)40(50)46-36(42(52)53-37)26-30-16-10-5-11-17-30/h3-21,27,33-37,47H,22-26H2,1-2H3,(H,43,49)(H,44,48)(H,45,51)(H,46,50)/t33-,34-,35-,36-,37?/m0/s1. The fraction of sp³-hybridized carbons (Fsp3) is 0.310. The predicted molar refractivity (Wildman–Crippen MR) is 199 cm³/mol. The topological polar surface area (TPSA) is 163 Å². The predicted octanol–water partition coefficient (Wildman–Crippen LogP) is 3.57. The van der Waals surface area contributed by atoms with Crippen molar-refractivity contribution in [3.8, 4) is 5.75 Å². The lowest BCUT2D eigenvalue weighted by molar-refractivity contribution is -0.160. The zero-order valence-electron chi connectivity index (χ0n) is 29.9. The lowest BCUT2D eigenvalue weighted by Gasteiger charge is -2.26. The summed E-state index contributed by atoms with van der Waals surface area (Å²) < 4.78 is 5.89. The van der Waals surface area contributed by atoms with Crippen LogP contribution in [-0.4, -0.2) is 65.0 Å². The van der Waals surface area contributed by atoms with Crippen LogP contribution < -0.4 is 21.3 Å². The second-order valence-corrected chi connectivity index (χ2v) is 13.7. The summed E-state index contributed by atoms with van der Waals surface area (Å²) in [6.07, 6.45) is -0.896. The highest BCUT2D eigenvalue weighted by Gasteiger charge is 2.36. The molecule has 5 rings (SSSR count). The molecule has 1 aliphatic rings. The first-order chi connectivity index (χ1) is 25.5. The minimum Gasteiger partial charge on any atom is -0.508 e. The third-order valence-corrected chi connectivity index (χ3v) is 8.96. The maximum Gasteiger partial charge on any atom is 0.329 e. The minimum absolute atomic E-state index is 0.00712. The molecule has 5 N–H and O–H groups in total. The van der Waals surface area contributed by atoms with Crippen LogP contribution in [0.3, 0.4) is 0 Å². The fourth-order valence-electron chi connectivity index (χ4n) is 6.18. The first-order valence-electron chi connectivity index (χ1n) is 17.9. The van der Waals surface area contributed by atoms with Crippen molar-refractivity contribution in [2.24, 2.45) is 5.92 Å². The van der Waals surface area contributed by atoms with E-state index in [1.54, 1.807) is 12.1 Å². The van der Waals surface area contributed by atoms with Gasteiger partial charge < -0.3 is 31.1 Å². The van der Waals surface area contributed by atoms with Crippen LogP contribution in [0.2, 0.25) is 0 Å². The van der Waals surface area contributed by atoms with E-state index in [4.69, 9.17) is 4.74 Å². The number of ether oxygens (including phenoxy) is 1. The molecule has 1 heterocycles. The van der Waals surface area contributed by atoms with Crippen molar-refractivity contribution < 1.29 is 33.8 Å². The van der Waals surface area contributed by atoms with Gasteiger partial charge in [0.1, 0.15) is 29.9 Å². The van der Waals surface area contributed by atoms with E-state index < -0.39 is 59.9 Å². The van der Waals surface area contributed by atoms with Crippen molar-refractivity contribution in [2.75, 3.05) is 0 Å². The molecule has 4 aromatic rings. The van der Waals surface area contributed by atoms with Crippen LogP contribution in [0.4, 0.5) is 0 Å². The molecule has 0 radical (unpaired) electrons. The Bertz CT molecular complexity index is 1840. The van der Waals surface area contributed by atoms with Gasteiger partial charge >= 0.3 is 5.97 Å². The smallest absolute Gasteiger partial charge is 0.329 e. The third-order valence-electron chi connectivity index (χ3n) is 8.96. The van der Waals surface area contributed by atoms with E-state index in [-0.39, 0.29) is 43.8 Å². The van der Waals surface area contributed by atoms with Gasteiger partial charge in [0.15, 0.2) is 6.10 Å². The number of carbonyl (C=O) groups excluding carboxylic acids is 5. The number of phenolic OH excluding ortho intramolecular Hbond substituents is 1. The Labute approximate surface area is 309 Å². The number of rotatable bonds is 10. The van der Waals surface area contributed by atoms with Gasteiger partial charge in [-0.3, -0.25) is 19.2 Å². The highest BCUT2D eigenvalue weighted by Crippen LogP contribution is 2.16.